The smallest absolute Gasteiger partial charge is 0.165 e. The van der Waals surface area contributed by atoms with Gasteiger partial charge in [-0.3, -0.25) is 4.40 Å². The Balaban J connectivity index is 1.87. The van der Waals surface area contributed by atoms with E-state index in [1.54, 1.807) is 30.5 Å². The van der Waals surface area contributed by atoms with Crippen molar-refractivity contribution in [2.24, 2.45) is 0 Å². The van der Waals surface area contributed by atoms with Gasteiger partial charge in [0.15, 0.2) is 17.2 Å². The molecule has 0 amide bonds. The van der Waals surface area contributed by atoms with E-state index in [1.165, 1.54) is 6.07 Å². The molecular formula is C14H10ClFN2O. The van der Waals surface area contributed by atoms with Crippen molar-refractivity contribution >= 4 is 17.2 Å². The molecule has 2 aromatic heterocycles. The first-order valence-electron chi connectivity index (χ1n) is 5.73. The molecule has 0 atom stereocenters. The quantitative estimate of drug-likeness (QED) is 0.729. The molecule has 0 unspecified atom stereocenters. The molecule has 3 nitrogen and oxygen atoms in total. The first-order valence-corrected chi connectivity index (χ1v) is 6.11. The van der Waals surface area contributed by atoms with Crippen molar-refractivity contribution in [3.8, 4) is 5.75 Å². The molecular weight excluding hydrogens is 267 g/mol. The van der Waals surface area contributed by atoms with Crippen LogP contribution in [0.3, 0.4) is 0 Å². The lowest BCUT2D eigenvalue weighted by Gasteiger charge is -2.06. The number of pyridine rings is 1. The number of para-hydroxylation sites is 1. The largest absolute Gasteiger partial charge is 0.484 e. The Hall–Kier alpha value is -2.07. The fraction of sp³-hybridized carbons (Fsp3) is 0.0714. The zero-order valence-corrected chi connectivity index (χ0v) is 10.6. The van der Waals surface area contributed by atoms with Crippen molar-refractivity contribution < 1.29 is 9.13 Å². The Labute approximate surface area is 114 Å². The van der Waals surface area contributed by atoms with Gasteiger partial charge in [-0.1, -0.05) is 23.7 Å². The van der Waals surface area contributed by atoms with Gasteiger partial charge in [0.1, 0.15) is 6.61 Å². The SMILES string of the molecule is Fc1ccccc1OCc1cnc2c(Cl)cccn12. The molecule has 0 N–H and O–H groups in total. The van der Waals surface area contributed by atoms with E-state index in [0.717, 1.165) is 5.69 Å². The second kappa shape index (κ2) is 4.90. The summed E-state index contributed by atoms with van der Waals surface area (Å²) in [6, 6.07) is 9.89. The van der Waals surface area contributed by atoms with Crippen LogP contribution < -0.4 is 4.74 Å². The average Bonchev–Trinajstić information content (AvgIpc) is 2.83. The number of aromatic nitrogens is 2. The van der Waals surface area contributed by atoms with E-state index in [0.29, 0.717) is 10.7 Å². The number of imidazole rings is 1. The van der Waals surface area contributed by atoms with Crippen LogP contribution in [0, 0.1) is 5.82 Å². The van der Waals surface area contributed by atoms with E-state index in [2.05, 4.69) is 4.98 Å². The third-order valence-corrected chi connectivity index (χ3v) is 3.07. The summed E-state index contributed by atoms with van der Waals surface area (Å²) in [4.78, 5) is 4.21. The third-order valence-electron chi connectivity index (χ3n) is 2.78. The maximum Gasteiger partial charge on any atom is 0.165 e. The van der Waals surface area contributed by atoms with Gasteiger partial charge in [0.25, 0.3) is 0 Å². The number of hydrogen-bond acceptors (Lipinski definition) is 2. The minimum Gasteiger partial charge on any atom is -0.484 e. The number of hydrogen-bond donors (Lipinski definition) is 0. The maximum absolute atomic E-state index is 13.4. The van der Waals surface area contributed by atoms with E-state index in [1.807, 2.05) is 16.7 Å². The molecule has 19 heavy (non-hydrogen) atoms. The van der Waals surface area contributed by atoms with Gasteiger partial charge in [0, 0.05) is 6.20 Å². The van der Waals surface area contributed by atoms with Gasteiger partial charge in [-0.15, -0.1) is 0 Å². The van der Waals surface area contributed by atoms with E-state index in [9.17, 15) is 4.39 Å². The molecule has 3 rings (SSSR count). The van der Waals surface area contributed by atoms with E-state index >= 15 is 0 Å². The van der Waals surface area contributed by atoms with Gasteiger partial charge in [0.05, 0.1) is 16.9 Å². The summed E-state index contributed by atoms with van der Waals surface area (Å²) >= 11 is 6.03. The van der Waals surface area contributed by atoms with Crippen LogP contribution in [0.1, 0.15) is 5.69 Å². The van der Waals surface area contributed by atoms with Crippen LogP contribution in [0.5, 0.6) is 5.75 Å². The molecule has 0 aliphatic heterocycles. The summed E-state index contributed by atoms with van der Waals surface area (Å²) in [6.07, 6.45) is 3.51. The molecule has 0 spiro atoms. The summed E-state index contributed by atoms with van der Waals surface area (Å²) < 4.78 is 20.7. The molecule has 3 aromatic rings. The van der Waals surface area contributed by atoms with E-state index in [-0.39, 0.29) is 18.2 Å². The second-order valence-corrected chi connectivity index (χ2v) is 4.43. The van der Waals surface area contributed by atoms with Gasteiger partial charge in [-0.2, -0.15) is 0 Å². The molecule has 0 aliphatic rings. The van der Waals surface area contributed by atoms with Crippen LogP contribution in [0.15, 0.2) is 48.8 Å². The molecule has 0 aliphatic carbocycles. The highest BCUT2D eigenvalue weighted by atomic mass is 35.5. The third kappa shape index (κ3) is 2.27. The highest BCUT2D eigenvalue weighted by Gasteiger charge is 2.08. The number of ether oxygens (including phenoxy) is 1. The number of halogens is 2. The van der Waals surface area contributed by atoms with Gasteiger partial charge in [0.2, 0.25) is 0 Å². The Morgan fingerprint density at radius 1 is 1.21 bits per heavy atom. The lowest BCUT2D eigenvalue weighted by molar-refractivity contribution is 0.285. The van der Waals surface area contributed by atoms with Crippen molar-refractivity contribution in [2.75, 3.05) is 0 Å². The van der Waals surface area contributed by atoms with Crippen molar-refractivity contribution in [3.63, 3.8) is 0 Å². The minimum absolute atomic E-state index is 0.222. The van der Waals surface area contributed by atoms with Crippen LogP contribution in [-0.2, 0) is 6.61 Å². The minimum atomic E-state index is -0.380. The monoisotopic (exact) mass is 276 g/mol. The molecule has 0 bridgehead atoms. The summed E-state index contributed by atoms with van der Waals surface area (Å²) in [7, 11) is 0. The maximum atomic E-state index is 13.4. The standard InChI is InChI=1S/C14H10ClFN2O/c15-11-4-3-7-18-10(8-17-14(11)18)9-19-13-6-2-1-5-12(13)16/h1-8H,9H2. The number of benzene rings is 1. The summed E-state index contributed by atoms with van der Waals surface area (Å²) in [5.41, 5.74) is 1.47. The second-order valence-electron chi connectivity index (χ2n) is 4.02. The number of rotatable bonds is 3. The predicted octanol–water partition coefficient (Wildman–Crippen LogP) is 3.71. The molecule has 0 saturated carbocycles. The van der Waals surface area contributed by atoms with Crippen molar-refractivity contribution in [2.45, 2.75) is 6.61 Å². The van der Waals surface area contributed by atoms with Crippen LogP contribution in [-0.4, -0.2) is 9.38 Å². The van der Waals surface area contributed by atoms with Crippen LogP contribution >= 0.6 is 11.6 Å². The summed E-state index contributed by atoms with van der Waals surface area (Å²) in [5, 5.41) is 0.569. The van der Waals surface area contributed by atoms with Crippen LogP contribution in [0.2, 0.25) is 5.02 Å². The zero-order chi connectivity index (χ0) is 13.2. The number of nitrogens with zero attached hydrogens (tertiary/aromatic N) is 2. The molecule has 96 valence electrons. The first kappa shape index (κ1) is 12.0. The molecule has 2 heterocycles. The van der Waals surface area contributed by atoms with Gasteiger partial charge in [-0.25, -0.2) is 9.37 Å². The van der Waals surface area contributed by atoms with Crippen molar-refractivity contribution in [1.82, 2.24) is 9.38 Å². The molecule has 0 radical (unpaired) electrons. The Morgan fingerprint density at radius 2 is 2.05 bits per heavy atom. The molecule has 0 saturated heterocycles. The Kier molecular flexibility index (Phi) is 3.09. The zero-order valence-electron chi connectivity index (χ0n) is 9.88. The summed E-state index contributed by atoms with van der Waals surface area (Å²) in [6.45, 7) is 0.225. The average molecular weight is 277 g/mol. The normalized spacial score (nSPS) is 10.8. The van der Waals surface area contributed by atoms with Gasteiger partial charge >= 0.3 is 0 Å². The van der Waals surface area contributed by atoms with Crippen molar-refractivity contribution in [1.29, 1.82) is 0 Å². The fourth-order valence-corrected chi connectivity index (χ4v) is 2.06. The highest BCUT2D eigenvalue weighted by molar-refractivity contribution is 6.33. The highest BCUT2D eigenvalue weighted by Crippen LogP contribution is 2.20. The topological polar surface area (TPSA) is 26.5 Å². The van der Waals surface area contributed by atoms with Crippen LogP contribution in [0.4, 0.5) is 4.39 Å². The lowest BCUT2D eigenvalue weighted by Crippen LogP contribution is -2.00. The van der Waals surface area contributed by atoms with Gasteiger partial charge in [-0.05, 0) is 24.3 Å². The van der Waals surface area contributed by atoms with Crippen molar-refractivity contribution in [3.05, 3.63) is 65.3 Å². The molecule has 5 heteroatoms. The van der Waals surface area contributed by atoms with Gasteiger partial charge < -0.3 is 4.74 Å². The predicted molar refractivity (Wildman–Crippen MR) is 70.9 cm³/mol. The van der Waals surface area contributed by atoms with E-state index in [4.69, 9.17) is 16.3 Å². The van der Waals surface area contributed by atoms with Crippen LogP contribution in [0.25, 0.3) is 5.65 Å². The number of fused-ring (bicyclic) bond motifs is 1. The molecule has 1 aromatic carbocycles. The lowest BCUT2D eigenvalue weighted by atomic mass is 10.3. The van der Waals surface area contributed by atoms with E-state index < -0.39 is 0 Å². The Bertz CT molecular complexity index is 726. The Morgan fingerprint density at radius 3 is 2.89 bits per heavy atom. The molecule has 0 fully saturated rings. The first-order chi connectivity index (χ1) is 9.25. The summed E-state index contributed by atoms with van der Waals surface area (Å²) in [5.74, 6) is -0.158. The fourth-order valence-electron chi connectivity index (χ4n) is 1.85.